The summed E-state index contributed by atoms with van der Waals surface area (Å²) in [7, 11) is -1.40. The molecule has 2 heteroatoms. The molecular weight excluding hydrogens is 200 g/mol. The molecule has 92 valence electrons. The molecule has 1 unspecified atom stereocenters. The van der Waals surface area contributed by atoms with Gasteiger partial charge in [0, 0.05) is 6.61 Å². The van der Waals surface area contributed by atoms with E-state index in [1.54, 1.807) is 0 Å². The molecule has 0 rings (SSSR count). The predicted molar refractivity (Wildman–Crippen MR) is 71.8 cm³/mol. The highest BCUT2D eigenvalue weighted by Crippen LogP contribution is 2.23. The molecule has 0 aromatic rings. The molecule has 0 radical (unpaired) electrons. The molecule has 1 nitrogen and oxygen atoms in total. The Kier molecular flexibility index (Phi) is 7.54. The van der Waals surface area contributed by atoms with Crippen LogP contribution < -0.4 is 0 Å². The van der Waals surface area contributed by atoms with Gasteiger partial charge in [-0.2, -0.15) is 0 Å². The lowest BCUT2D eigenvalue weighted by Crippen LogP contribution is -2.35. The molecule has 0 aliphatic heterocycles. The smallest absolute Gasteiger partial charge is 0.189 e. The normalized spacial score (nSPS) is 14.6. The van der Waals surface area contributed by atoms with Crippen molar-refractivity contribution in [2.45, 2.75) is 72.0 Å². The van der Waals surface area contributed by atoms with Gasteiger partial charge in [0.1, 0.15) is 0 Å². The van der Waals surface area contributed by atoms with Crippen LogP contribution in [0.4, 0.5) is 0 Å². The van der Waals surface area contributed by atoms with E-state index in [1.165, 1.54) is 25.7 Å². The molecule has 0 spiro atoms. The second-order valence-electron chi connectivity index (χ2n) is 5.49. The minimum atomic E-state index is -1.40. The number of hydrogen-bond donors (Lipinski definition) is 0. The van der Waals surface area contributed by atoms with Gasteiger partial charge in [0.25, 0.3) is 0 Å². The standard InChI is InChI=1S/C13H30OSi/c1-7-9-10-13(8-2)11-14-15(5,6)12(3)4/h12-13H,7-11H2,1-6H3. The average Bonchev–Trinajstić information content (AvgIpc) is 2.18. The van der Waals surface area contributed by atoms with Gasteiger partial charge in [-0.05, 0) is 31.0 Å². The number of unbranched alkanes of at least 4 members (excludes halogenated alkanes) is 1. The molecule has 0 aromatic carbocycles. The summed E-state index contributed by atoms with van der Waals surface area (Å²) < 4.78 is 6.18. The molecule has 0 saturated carbocycles. The van der Waals surface area contributed by atoms with Crippen molar-refractivity contribution in [3.8, 4) is 0 Å². The summed E-state index contributed by atoms with van der Waals surface area (Å²) in [5, 5.41) is 0. The zero-order valence-corrected chi connectivity index (χ0v) is 12.6. The summed E-state index contributed by atoms with van der Waals surface area (Å²) in [4.78, 5) is 0. The van der Waals surface area contributed by atoms with Crippen LogP contribution >= 0.6 is 0 Å². The Balaban J connectivity index is 3.88. The van der Waals surface area contributed by atoms with Crippen LogP contribution in [0.5, 0.6) is 0 Å². The minimum Gasteiger partial charge on any atom is -0.417 e. The van der Waals surface area contributed by atoms with Crippen molar-refractivity contribution in [2.24, 2.45) is 5.92 Å². The zero-order valence-electron chi connectivity index (χ0n) is 11.6. The summed E-state index contributed by atoms with van der Waals surface area (Å²) in [6.07, 6.45) is 5.27. The van der Waals surface area contributed by atoms with Gasteiger partial charge in [-0.15, -0.1) is 0 Å². The zero-order chi connectivity index (χ0) is 11.9. The number of hydrogen-bond acceptors (Lipinski definition) is 1. The summed E-state index contributed by atoms with van der Waals surface area (Å²) >= 11 is 0. The summed E-state index contributed by atoms with van der Waals surface area (Å²) in [5.74, 6) is 0.787. The highest BCUT2D eigenvalue weighted by atomic mass is 28.4. The first-order valence-corrected chi connectivity index (χ1v) is 9.56. The van der Waals surface area contributed by atoms with Gasteiger partial charge in [-0.25, -0.2) is 0 Å². The van der Waals surface area contributed by atoms with E-state index in [1.807, 2.05) is 0 Å². The first kappa shape index (κ1) is 15.2. The Morgan fingerprint density at radius 2 is 1.73 bits per heavy atom. The van der Waals surface area contributed by atoms with Gasteiger partial charge in [-0.1, -0.05) is 47.0 Å². The van der Waals surface area contributed by atoms with E-state index >= 15 is 0 Å². The van der Waals surface area contributed by atoms with Gasteiger partial charge >= 0.3 is 0 Å². The molecule has 0 aliphatic carbocycles. The molecule has 1 atom stereocenters. The minimum absolute atomic E-state index is 0.723. The van der Waals surface area contributed by atoms with Crippen molar-refractivity contribution in [2.75, 3.05) is 6.61 Å². The van der Waals surface area contributed by atoms with Crippen molar-refractivity contribution in [3.05, 3.63) is 0 Å². The molecule has 0 heterocycles. The fourth-order valence-electron chi connectivity index (χ4n) is 1.40. The molecule has 15 heavy (non-hydrogen) atoms. The van der Waals surface area contributed by atoms with Crippen molar-refractivity contribution >= 4 is 8.32 Å². The molecule has 0 aromatic heterocycles. The monoisotopic (exact) mass is 230 g/mol. The molecule has 0 aliphatic rings. The summed E-state index contributed by atoms with van der Waals surface area (Å²) in [6, 6.07) is 0. The van der Waals surface area contributed by atoms with Gasteiger partial charge in [0.15, 0.2) is 8.32 Å². The predicted octanol–water partition coefficient (Wildman–Crippen LogP) is 4.83. The Hall–Kier alpha value is 0.177. The average molecular weight is 230 g/mol. The maximum atomic E-state index is 6.18. The maximum Gasteiger partial charge on any atom is 0.189 e. The van der Waals surface area contributed by atoms with Crippen LogP contribution in [0.25, 0.3) is 0 Å². The van der Waals surface area contributed by atoms with Crippen molar-refractivity contribution in [3.63, 3.8) is 0 Å². The third kappa shape index (κ3) is 6.36. The lowest BCUT2D eigenvalue weighted by atomic mass is 10.0. The van der Waals surface area contributed by atoms with Gasteiger partial charge in [0.05, 0.1) is 0 Å². The lowest BCUT2D eigenvalue weighted by molar-refractivity contribution is 0.221. The number of rotatable bonds is 8. The van der Waals surface area contributed by atoms with Crippen molar-refractivity contribution in [1.29, 1.82) is 0 Å². The van der Waals surface area contributed by atoms with Crippen molar-refractivity contribution in [1.82, 2.24) is 0 Å². The summed E-state index contributed by atoms with van der Waals surface area (Å²) in [6.45, 7) is 14.8. The van der Waals surface area contributed by atoms with E-state index in [-0.39, 0.29) is 0 Å². The van der Waals surface area contributed by atoms with Gasteiger partial charge < -0.3 is 4.43 Å². The van der Waals surface area contributed by atoms with E-state index < -0.39 is 8.32 Å². The second-order valence-corrected chi connectivity index (χ2v) is 10.1. The summed E-state index contributed by atoms with van der Waals surface area (Å²) in [5.41, 5.74) is 0.723. The van der Waals surface area contributed by atoms with E-state index in [2.05, 4.69) is 40.8 Å². The van der Waals surface area contributed by atoms with E-state index in [4.69, 9.17) is 4.43 Å². The van der Waals surface area contributed by atoms with Crippen LogP contribution in [0.1, 0.15) is 53.4 Å². The molecule has 0 saturated heterocycles. The SMILES string of the molecule is CCCCC(CC)CO[Si](C)(C)C(C)C. The van der Waals surface area contributed by atoms with Crippen LogP contribution in [0.2, 0.25) is 18.6 Å². The quantitative estimate of drug-likeness (QED) is 0.542. The fraction of sp³-hybridized carbons (Fsp3) is 1.00. The Bertz CT molecular complexity index is 155. The van der Waals surface area contributed by atoms with Crippen LogP contribution in [-0.4, -0.2) is 14.9 Å². The van der Waals surface area contributed by atoms with E-state index in [0.29, 0.717) is 0 Å². The van der Waals surface area contributed by atoms with Crippen LogP contribution in [0.3, 0.4) is 0 Å². The highest BCUT2D eigenvalue weighted by molar-refractivity contribution is 6.72. The molecule has 0 amide bonds. The maximum absolute atomic E-state index is 6.18. The molecule has 0 N–H and O–H groups in total. The Morgan fingerprint density at radius 3 is 2.13 bits per heavy atom. The largest absolute Gasteiger partial charge is 0.417 e. The van der Waals surface area contributed by atoms with Gasteiger partial charge in [0.2, 0.25) is 0 Å². The van der Waals surface area contributed by atoms with Crippen molar-refractivity contribution < 1.29 is 4.43 Å². The fourth-order valence-corrected chi connectivity index (χ4v) is 2.40. The highest BCUT2D eigenvalue weighted by Gasteiger charge is 2.27. The van der Waals surface area contributed by atoms with Crippen LogP contribution in [0, 0.1) is 5.92 Å². The Morgan fingerprint density at radius 1 is 1.13 bits per heavy atom. The second kappa shape index (κ2) is 7.45. The molecule has 0 fully saturated rings. The third-order valence-electron chi connectivity index (χ3n) is 3.62. The third-order valence-corrected chi connectivity index (χ3v) is 7.32. The molecular formula is C13H30OSi. The topological polar surface area (TPSA) is 9.23 Å². The molecule has 0 bridgehead atoms. The van der Waals surface area contributed by atoms with Crippen LogP contribution in [0.15, 0.2) is 0 Å². The van der Waals surface area contributed by atoms with Crippen LogP contribution in [-0.2, 0) is 4.43 Å². The van der Waals surface area contributed by atoms with Gasteiger partial charge in [-0.3, -0.25) is 0 Å². The lowest BCUT2D eigenvalue weighted by Gasteiger charge is -2.29. The van der Waals surface area contributed by atoms with E-state index in [0.717, 1.165) is 18.1 Å². The first-order chi connectivity index (χ1) is 6.94. The first-order valence-electron chi connectivity index (χ1n) is 6.58. The van der Waals surface area contributed by atoms with E-state index in [9.17, 15) is 0 Å². The Labute approximate surface area is 97.7 Å².